The summed E-state index contributed by atoms with van der Waals surface area (Å²) in [6.45, 7) is 5.94. The second-order valence-electron chi connectivity index (χ2n) is 8.53. The van der Waals surface area contributed by atoms with Crippen LogP contribution in [-0.2, 0) is 24.2 Å². The van der Waals surface area contributed by atoms with Gasteiger partial charge in [-0.05, 0) is 67.6 Å². The van der Waals surface area contributed by atoms with E-state index >= 15 is 0 Å². The molecule has 0 saturated heterocycles. The molecule has 1 aliphatic carbocycles. The second kappa shape index (κ2) is 8.05. The maximum atomic E-state index is 13.7. The van der Waals surface area contributed by atoms with Crippen molar-refractivity contribution in [1.82, 2.24) is 9.88 Å². The summed E-state index contributed by atoms with van der Waals surface area (Å²) in [5.41, 5.74) is 5.03. The van der Waals surface area contributed by atoms with Gasteiger partial charge < -0.3 is 9.88 Å². The molecule has 30 heavy (non-hydrogen) atoms. The normalized spacial score (nSPS) is 16.0. The van der Waals surface area contributed by atoms with Gasteiger partial charge in [0.25, 0.3) is 0 Å². The summed E-state index contributed by atoms with van der Waals surface area (Å²) >= 11 is 0. The number of hydrogen-bond acceptors (Lipinski definition) is 2. The van der Waals surface area contributed by atoms with Crippen LogP contribution in [0.4, 0.5) is 4.39 Å². The van der Waals surface area contributed by atoms with Crippen molar-refractivity contribution >= 4 is 22.6 Å². The molecule has 156 valence electrons. The van der Waals surface area contributed by atoms with Gasteiger partial charge in [0, 0.05) is 40.7 Å². The van der Waals surface area contributed by atoms with Gasteiger partial charge in [0.2, 0.25) is 5.91 Å². The molecule has 1 aliphatic rings. The number of nitrogens with one attached hydrogen (secondary N) is 1. The molecule has 0 bridgehead atoms. The third kappa shape index (κ3) is 3.89. The summed E-state index contributed by atoms with van der Waals surface area (Å²) in [7, 11) is 0. The lowest BCUT2D eigenvalue weighted by molar-refractivity contribution is -0.124. The molecule has 4 rings (SSSR count). The van der Waals surface area contributed by atoms with Gasteiger partial charge in [-0.15, -0.1) is 0 Å². The van der Waals surface area contributed by atoms with Gasteiger partial charge in [0.15, 0.2) is 5.78 Å². The van der Waals surface area contributed by atoms with Gasteiger partial charge in [0.1, 0.15) is 5.82 Å². The Morgan fingerprint density at radius 1 is 1.20 bits per heavy atom. The number of amides is 1. The Balaban J connectivity index is 1.78. The molecule has 1 aromatic heterocycles. The highest BCUT2D eigenvalue weighted by atomic mass is 19.1. The molecular weight excluding hydrogens is 379 g/mol. The van der Waals surface area contributed by atoms with E-state index in [0.29, 0.717) is 12.1 Å². The van der Waals surface area contributed by atoms with Crippen molar-refractivity contribution in [1.29, 1.82) is 0 Å². The predicted octanol–water partition coefficient (Wildman–Crippen LogP) is 4.66. The first-order valence-electron chi connectivity index (χ1n) is 10.5. The summed E-state index contributed by atoms with van der Waals surface area (Å²) in [6.07, 6.45) is 2.43. The van der Waals surface area contributed by atoms with Crippen LogP contribution in [0.3, 0.4) is 0 Å². The van der Waals surface area contributed by atoms with Crippen molar-refractivity contribution in [2.24, 2.45) is 5.92 Å². The monoisotopic (exact) mass is 406 g/mol. The number of halogens is 1. The molecule has 1 unspecified atom stereocenters. The van der Waals surface area contributed by atoms with Gasteiger partial charge in [-0.25, -0.2) is 4.39 Å². The summed E-state index contributed by atoms with van der Waals surface area (Å²) in [5.74, 6) is -0.196. The number of nitrogens with zero attached hydrogens (tertiary/aromatic N) is 1. The smallest absolute Gasteiger partial charge is 0.222 e. The third-order valence-corrected chi connectivity index (χ3v) is 5.97. The molecule has 0 saturated carbocycles. The Hall–Kier alpha value is -2.95. The van der Waals surface area contributed by atoms with Crippen LogP contribution in [0.1, 0.15) is 54.4 Å². The van der Waals surface area contributed by atoms with E-state index in [9.17, 15) is 14.0 Å². The van der Waals surface area contributed by atoms with Crippen molar-refractivity contribution in [3.8, 4) is 0 Å². The SMILES string of the molecule is CC(=O)c1ccc2c(c1)c1c(n2Cc2cccc(F)c2)CCC(NC(=O)C(C)C)C1. The topological polar surface area (TPSA) is 51.1 Å². The number of carbonyl (C=O) groups excluding carboxylic acids is 2. The van der Waals surface area contributed by atoms with Crippen LogP contribution in [0.25, 0.3) is 10.9 Å². The predicted molar refractivity (Wildman–Crippen MR) is 116 cm³/mol. The van der Waals surface area contributed by atoms with Gasteiger partial charge in [-0.2, -0.15) is 0 Å². The fraction of sp³-hybridized carbons (Fsp3) is 0.360. The van der Waals surface area contributed by atoms with Crippen LogP contribution in [0, 0.1) is 11.7 Å². The van der Waals surface area contributed by atoms with Crippen molar-refractivity contribution in [3.63, 3.8) is 0 Å². The lowest BCUT2D eigenvalue weighted by Crippen LogP contribution is -2.41. The quantitative estimate of drug-likeness (QED) is 0.627. The van der Waals surface area contributed by atoms with E-state index in [0.717, 1.165) is 35.7 Å². The highest BCUT2D eigenvalue weighted by Crippen LogP contribution is 2.34. The standard InChI is InChI=1S/C25H27FN2O2/c1-15(2)25(30)27-20-8-10-24-22(13-20)21-12-18(16(3)29)7-9-23(21)28(24)14-17-5-4-6-19(26)11-17/h4-7,9,11-12,15,20H,8,10,13-14H2,1-3H3,(H,27,30). The molecule has 2 aromatic carbocycles. The number of rotatable bonds is 5. The van der Waals surface area contributed by atoms with Crippen molar-refractivity contribution in [2.45, 2.75) is 52.6 Å². The van der Waals surface area contributed by atoms with E-state index in [1.54, 1.807) is 19.1 Å². The Morgan fingerprint density at radius 3 is 2.70 bits per heavy atom. The van der Waals surface area contributed by atoms with E-state index < -0.39 is 0 Å². The lowest BCUT2D eigenvalue weighted by atomic mass is 9.90. The number of benzene rings is 2. The summed E-state index contributed by atoms with van der Waals surface area (Å²) in [4.78, 5) is 24.2. The van der Waals surface area contributed by atoms with Crippen LogP contribution in [0.5, 0.6) is 0 Å². The molecule has 1 atom stereocenters. The Labute approximate surface area is 176 Å². The first-order chi connectivity index (χ1) is 14.3. The molecular formula is C25H27FN2O2. The van der Waals surface area contributed by atoms with Gasteiger partial charge in [-0.3, -0.25) is 9.59 Å². The lowest BCUT2D eigenvalue weighted by Gasteiger charge is -2.26. The van der Waals surface area contributed by atoms with Crippen LogP contribution >= 0.6 is 0 Å². The van der Waals surface area contributed by atoms with Crippen LogP contribution in [0.15, 0.2) is 42.5 Å². The zero-order valence-electron chi connectivity index (χ0n) is 17.7. The van der Waals surface area contributed by atoms with E-state index in [4.69, 9.17) is 0 Å². The minimum atomic E-state index is -0.242. The van der Waals surface area contributed by atoms with E-state index in [-0.39, 0.29) is 29.5 Å². The zero-order chi connectivity index (χ0) is 21.4. The second-order valence-corrected chi connectivity index (χ2v) is 8.53. The maximum absolute atomic E-state index is 13.7. The molecule has 0 fully saturated rings. The average Bonchev–Trinajstić information content (AvgIpc) is 3.00. The Bertz CT molecular complexity index is 1130. The van der Waals surface area contributed by atoms with Crippen LogP contribution in [0.2, 0.25) is 0 Å². The van der Waals surface area contributed by atoms with Crippen LogP contribution < -0.4 is 5.32 Å². The van der Waals surface area contributed by atoms with Crippen molar-refractivity contribution < 1.29 is 14.0 Å². The Kier molecular flexibility index (Phi) is 5.46. The molecule has 3 aromatic rings. The molecule has 1 heterocycles. The van der Waals surface area contributed by atoms with Crippen molar-refractivity contribution in [2.75, 3.05) is 0 Å². The molecule has 4 nitrogen and oxygen atoms in total. The highest BCUT2D eigenvalue weighted by Gasteiger charge is 2.27. The number of carbonyl (C=O) groups is 2. The minimum Gasteiger partial charge on any atom is -0.353 e. The van der Waals surface area contributed by atoms with Crippen LogP contribution in [-0.4, -0.2) is 22.3 Å². The van der Waals surface area contributed by atoms with Crippen molar-refractivity contribution in [3.05, 3.63) is 70.7 Å². The first-order valence-corrected chi connectivity index (χ1v) is 10.5. The number of fused-ring (bicyclic) bond motifs is 3. The fourth-order valence-electron chi connectivity index (χ4n) is 4.36. The number of aromatic nitrogens is 1. The molecule has 5 heteroatoms. The summed E-state index contributed by atoms with van der Waals surface area (Å²) < 4.78 is 16.0. The number of Topliss-reactive ketones (excluding diaryl/α,β-unsaturated/α-hetero) is 1. The summed E-state index contributed by atoms with van der Waals surface area (Å²) in [5, 5.41) is 4.22. The van der Waals surface area contributed by atoms with Gasteiger partial charge in [-0.1, -0.05) is 26.0 Å². The largest absolute Gasteiger partial charge is 0.353 e. The summed E-state index contributed by atoms with van der Waals surface area (Å²) in [6, 6.07) is 12.6. The fourth-order valence-corrected chi connectivity index (χ4v) is 4.36. The van der Waals surface area contributed by atoms with E-state index in [2.05, 4.69) is 9.88 Å². The van der Waals surface area contributed by atoms with Gasteiger partial charge >= 0.3 is 0 Å². The van der Waals surface area contributed by atoms with Gasteiger partial charge in [0.05, 0.1) is 0 Å². The molecule has 0 spiro atoms. The maximum Gasteiger partial charge on any atom is 0.222 e. The molecule has 0 aliphatic heterocycles. The van der Waals surface area contributed by atoms with E-state index in [1.807, 2.05) is 38.1 Å². The van der Waals surface area contributed by atoms with E-state index in [1.165, 1.54) is 17.3 Å². The number of hydrogen-bond donors (Lipinski definition) is 1. The third-order valence-electron chi connectivity index (χ3n) is 5.97. The Morgan fingerprint density at radius 2 is 2.00 bits per heavy atom. The molecule has 1 amide bonds. The average molecular weight is 407 g/mol. The number of ketones is 1. The molecule has 1 N–H and O–H groups in total. The molecule has 0 radical (unpaired) electrons. The first kappa shape index (κ1) is 20.3. The minimum absolute atomic E-state index is 0.0315. The highest BCUT2D eigenvalue weighted by molar-refractivity contribution is 5.99. The zero-order valence-corrected chi connectivity index (χ0v) is 17.7.